The van der Waals surface area contributed by atoms with Gasteiger partial charge in [0.15, 0.2) is 0 Å². The van der Waals surface area contributed by atoms with Gasteiger partial charge in [-0.05, 0) is 31.0 Å². The molecule has 0 saturated carbocycles. The maximum absolute atomic E-state index is 8.96. The van der Waals surface area contributed by atoms with Crippen LogP contribution in [-0.2, 0) is 0 Å². The number of nitrogens with zero attached hydrogens (tertiary/aromatic N) is 1. The fourth-order valence-corrected chi connectivity index (χ4v) is 1.33. The molecule has 1 atom stereocenters. The van der Waals surface area contributed by atoms with E-state index in [1.165, 1.54) is 0 Å². The highest BCUT2D eigenvalue weighted by atomic mass is 14.9. The molecule has 1 rings (SSSR count). The van der Waals surface area contributed by atoms with Crippen LogP contribution in [0.25, 0.3) is 0 Å². The lowest BCUT2D eigenvalue weighted by atomic mass is 10.1. The largest absolute Gasteiger partial charge is 0.370 e. The molecule has 0 spiro atoms. The van der Waals surface area contributed by atoms with E-state index < -0.39 is 0 Å². The van der Waals surface area contributed by atoms with Gasteiger partial charge >= 0.3 is 0 Å². The molecular weight excluding hydrogens is 184 g/mol. The lowest BCUT2D eigenvalue weighted by molar-refractivity contribution is 0.857. The first kappa shape index (κ1) is 11.1. The molecule has 1 N–H and O–H groups in total. The molecule has 0 amide bonds. The molecule has 0 bridgehead atoms. The van der Waals surface area contributed by atoms with Gasteiger partial charge in [-0.3, -0.25) is 0 Å². The zero-order valence-electron chi connectivity index (χ0n) is 9.04. The minimum atomic E-state index is -0.0141. The van der Waals surface area contributed by atoms with Crippen LogP contribution in [0.3, 0.4) is 0 Å². The molecule has 0 saturated heterocycles. The molecule has 0 radical (unpaired) electrons. The summed E-state index contributed by atoms with van der Waals surface area (Å²) < 4.78 is 0. The maximum Gasteiger partial charge on any atom is 0.101 e. The van der Waals surface area contributed by atoms with E-state index >= 15 is 0 Å². The number of aryl methyl sites for hydroxylation is 1. The van der Waals surface area contributed by atoms with Crippen molar-refractivity contribution in [3.8, 4) is 18.4 Å². The summed E-state index contributed by atoms with van der Waals surface area (Å²) in [4.78, 5) is 0. The van der Waals surface area contributed by atoms with Gasteiger partial charge in [-0.15, -0.1) is 6.42 Å². The average molecular weight is 198 g/mol. The van der Waals surface area contributed by atoms with Crippen LogP contribution in [0.1, 0.15) is 24.5 Å². The molecule has 76 valence electrons. The predicted molar refractivity (Wildman–Crippen MR) is 62.4 cm³/mol. The molecule has 2 heteroatoms. The van der Waals surface area contributed by atoms with Crippen molar-refractivity contribution in [3.05, 3.63) is 29.3 Å². The highest BCUT2D eigenvalue weighted by Gasteiger charge is 2.06. The molecule has 0 aliphatic rings. The van der Waals surface area contributed by atoms with Gasteiger partial charge in [0.2, 0.25) is 0 Å². The van der Waals surface area contributed by atoms with Gasteiger partial charge in [0.25, 0.3) is 0 Å². The number of nitrogens with one attached hydrogen (secondary N) is 1. The van der Waals surface area contributed by atoms with E-state index in [0.29, 0.717) is 5.56 Å². The highest BCUT2D eigenvalue weighted by Crippen LogP contribution is 2.17. The molecule has 0 heterocycles. The summed E-state index contributed by atoms with van der Waals surface area (Å²) in [6.45, 7) is 3.97. The Morgan fingerprint density at radius 2 is 2.27 bits per heavy atom. The fourth-order valence-electron chi connectivity index (χ4n) is 1.33. The van der Waals surface area contributed by atoms with Gasteiger partial charge in [-0.2, -0.15) is 5.26 Å². The molecule has 0 aliphatic heterocycles. The second-order valence-electron chi connectivity index (χ2n) is 3.43. The summed E-state index contributed by atoms with van der Waals surface area (Å²) in [5.74, 6) is 2.65. The number of hydrogen-bond acceptors (Lipinski definition) is 2. The summed E-state index contributed by atoms with van der Waals surface area (Å²) in [5.41, 5.74) is 2.53. The van der Waals surface area contributed by atoms with Crippen molar-refractivity contribution in [1.82, 2.24) is 0 Å². The monoisotopic (exact) mass is 198 g/mol. The molecule has 0 aromatic heterocycles. The number of anilines is 1. The molecule has 1 aromatic carbocycles. The van der Waals surface area contributed by atoms with Crippen molar-refractivity contribution in [1.29, 1.82) is 5.26 Å². The zero-order valence-corrected chi connectivity index (χ0v) is 9.04. The van der Waals surface area contributed by atoms with Gasteiger partial charge in [0, 0.05) is 0 Å². The Balaban J connectivity index is 2.96. The van der Waals surface area contributed by atoms with Crippen molar-refractivity contribution >= 4 is 5.69 Å². The molecular formula is C13H14N2. The Morgan fingerprint density at radius 1 is 1.53 bits per heavy atom. The Kier molecular flexibility index (Phi) is 3.77. The Hall–Kier alpha value is -1.93. The van der Waals surface area contributed by atoms with Crippen LogP contribution in [0, 0.1) is 30.6 Å². The van der Waals surface area contributed by atoms with Gasteiger partial charge in [-0.25, -0.2) is 0 Å². The third kappa shape index (κ3) is 2.76. The van der Waals surface area contributed by atoms with Crippen molar-refractivity contribution in [2.75, 3.05) is 5.32 Å². The number of terminal acetylenes is 1. The van der Waals surface area contributed by atoms with Crippen LogP contribution in [0.15, 0.2) is 18.2 Å². The van der Waals surface area contributed by atoms with Gasteiger partial charge in [0.05, 0.1) is 17.3 Å². The number of nitriles is 1. The third-order valence-corrected chi connectivity index (χ3v) is 2.23. The number of rotatable bonds is 3. The second-order valence-corrected chi connectivity index (χ2v) is 3.43. The number of hydrogen-bond donors (Lipinski definition) is 1. The first-order valence-electron chi connectivity index (χ1n) is 4.94. The van der Waals surface area contributed by atoms with Gasteiger partial charge < -0.3 is 5.32 Å². The molecule has 0 aliphatic carbocycles. The lowest BCUT2D eigenvalue weighted by Gasteiger charge is -2.13. The summed E-state index contributed by atoms with van der Waals surface area (Å²) in [7, 11) is 0. The molecule has 0 fully saturated rings. The Labute approximate surface area is 90.9 Å². The standard InChI is InChI=1S/C13H14N2/c1-4-12(5-2)15-13-7-6-10(3)8-11(13)9-14/h1,6-8,12,15H,5H2,2-3H3. The summed E-state index contributed by atoms with van der Waals surface area (Å²) in [5, 5.41) is 12.1. The second kappa shape index (κ2) is 5.08. The molecule has 2 nitrogen and oxygen atoms in total. The summed E-state index contributed by atoms with van der Waals surface area (Å²) in [6, 6.07) is 7.86. The van der Waals surface area contributed by atoms with Crippen LogP contribution < -0.4 is 5.32 Å². The zero-order chi connectivity index (χ0) is 11.3. The molecule has 1 aromatic rings. The Morgan fingerprint density at radius 3 is 2.80 bits per heavy atom. The van der Waals surface area contributed by atoms with Crippen LogP contribution in [0.4, 0.5) is 5.69 Å². The van der Waals surface area contributed by atoms with E-state index in [-0.39, 0.29) is 6.04 Å². The van der Waals surface area contributed by atoms with E-state index in [1.54, 1.807) is 0 Å². The normalized spacial score (nSPS) is 11.2. The predicted octanol–water partition coefficient (Wildman–Crippen LogP) is 2.69. The van der Waals surface area contributed by atoms with Gasteiger partial charge in [-0.1, -0.05) is 18.9 Å². The fraction of sp³-hybridized carbons (Fsp3) is 0.308. The maximum atomic E-state index is 8.96. The van der Waals surface area contributed by atoms with Crippen LogP contribution in [0.2, 0.25) is 0 Å². The van der Waals surface area contributed by atoms with E-state index in [1.807, 2.05) is 32.0 Å². The van der Waals surface area contributed by atoms with E-state index in [2.05, 4.69) is 17.3 Å². The highest BCUT2D eigenvalue weighted by molar-refractivity contribution is 5.59. The van der Waals surface area contributed by atoms with Crippen molar-refractivity contribution in [2.24, 2.45) is 0 Å². The molecule has 15 heavy (non-hydrogen) atoms. The number of benzene rings is 1. The van der Waals surface area contributed by atoms with Crippen molar-refractivity contribution in [3.63, 3.8) is 0 Å². The van der Waals surface area contributed by atoms with Crippen molar-refractivity contribution in [2.45, 2.75) is 26.3 Å². The molecule has 1 unspecified atom stereocenters. The summed E-state index contributed by atoms with van der Waals surface area (Å²) >= 11 is 0. The first-order chi connectivity index (χ1) is 7.21. The van der Waals surface area contributed by atoms with Gasteiger partial charge in [0.1, 0.15) is 6.07 Å². The van der Waals surface area contributed by atoms with E-state index in [4.69, 9.17) is 11.7 Å². The Bertz CT molecular complexity index is 421. The third-order valence-electron chi connectivity index (χ3n) is 2.23. The SMILES string of the molecule is C#CC(CC)Nc1ccc(C)cc1C#N. The first-order valence-corrected chi connectivity index (χ1v) is 4.94. The minimum absolute atomic E-state index is 0.0141. The topological polar surface area (TPSA) is 35.8 Å². The lowest BCUT2D eigenvalue weighted by Crippen LogP contribution is -2.16. The minimum Gasteiger partial charge on any atom is -0.370 e. The van der Waals surface area contributed by atoms with E-state index in [9.17, 15) is 0 Å². The van der Waals surface area contributed by atoms with E-state index in [0.717, 1.165) is 17.7 Å². The van der Waals surface area contributed by atoms with Crippen LogP contribution in [0.5, 0.6) is 0 Å². The van der Waals surface area contributed by atoms with Crippen LogP contribution in [-0.4, -0.2) is 6.04 Å². The average Bonchev–Trinajstić information content (AvgIpc) is 2.27. The summed E-state index contributed by atoms with van der Waals surface area (Å²) in [6.07, 6.45) is 6.20. The van der Waals surface area contributed by atoms with Crippen LogP contribution >= 0.6 is 0 Å². The van der Waals surface area contributed by atoms with Crippen molar-refractivity contribution < 1.29 is 0 Å². The smallest absolute Gasteiger partial charge is 0.101 e. The quantitative estimate of drug-likeness (QED) is 0.758.